The van der Waals surface area contributed by atoms with Crippen LogP contribution < -0.4 is 0 Å². The lowest BCUT2D eigenvalue weighted by atomic mass is 10.1. The van der Waals surface area contributed by atoms with Crippen LogP contribution >= 0.6 is 0 Å². The third-order valence-corrected chi connectivity index (χ3v) is 3.67. The molecule has 0 radical (unpaired) electrons. The molecule has 1 atom stereocenters. The van der Waals surface area contributed by atoms with E-state index in [-0.39, 0.29) is 23.8 Å². The van der Waals surface area contributed by atoms with Gasteiger partial charge in [0.1, 0.15) is 0 Å². The fourth-order valence-corrected chi connectivity index (χ4v) is 2.38. The highest BCUT2D eigenvalue weighted by atomic mass is 16.5. The minimum absolute atomic E-state index is 0.0114. The van der Waals surface area contributed by atoms with Crippen molar-refractivity contribution in [2.24, 2.45) is 5.92 Å². The predicted octanol–water partition coefficient (Wildman–Crippen LogP) is 2.80. The Morgan fingerprint density at radius 1 is 1.38 bits per heavy atom. The van der Waals surface area contributed by atoms with Crippen LogP contribution in [-0.4, -0.2) is 36.0 Å². The first kappa shape index (κ1) is 15.5. The van der Waals surface area contributed by atoms with Crippen LogP contribution in [0.5, 0.6) is 0 Å². The number of amides is 1. The van der Waals surface area contributed by atoms with Gasteiger partial charge < -0.3 is 9.64 Å². The van der Waals surface area contributed by atoms with E-state index in [0.717, 1.165) is 18.4 Å². The number of aryl methyl sites for hydroxylation is 1. The highest BCUT2D eigenvalue weighted by Crippen LogP contribution is 2.29. The molecule has 0 bridgehead atoms. The average Bonchev–Trinajstić information content (AvgIpc) is 3.28. The first-order chi connectivity index (χ1) is 10.0. The molecule has 1 unspecified atom stereocenters. The van der Waals surface area contributed by atoms with Gasteiger partial charge in [-0.1, -0.05) is 24.6 Å². The van der Waals surface area contributed by atoms with Crippen molar-refractivity contribution in [1.29, 1.82) is 0 Å². The molecule has 21 heavy (non-hydrogen) atoms. The molecule has 4 heteroatoms. The van der Waals surface area contributed by atoms with Gasteiger partial charge >= 0.3 is 5.97 Å². The largest absolute Gasteiger partial charge is 0.466 e. The molecule has 1 saturated carbocycles. The molecule has 0 aromatic heterocycles. The minimum atomic E-state index is -0.292. The SMILES string of the molecule is CCOC(=O)C(C)CN(C(=O)c1cccc(C)c1)C1CC1. The van der Waals surface area contributed by atoms with Crippen LogP contribution in [0.2, 0.25) is 0 Å². The molecule has 1 fully saturated rings. The first-order valence-corrected chi connectivity index (χ1v) is 7.57. The maximum absolute atomic E-state index is 12.7. The lowest BCUT2D eigenvalue weighted by Gasteiger charge is -2.25. The number of carbonyl (C=O) groups is 2. The zero-order chi connectivity index (χ0) is 15.4. The van der Waals surface area contributed by atoms with Gasteiger partial charge in [0.25, 0.3) is 5.91 Å². The zero-order valence-corrected chi connectivity index (χ0v) is 13.0. The predicted molar refractivity (Wildman–Crippen MR) is 81.0 cm³/mol. The topological polar surface area (TPSA) is 46.6 Å². The third-order valence-electron chi connectivity index (χ3n) is 3.67. The maximum atomic E-state index is 12.7. The highest BCUT2D eigenvalue weighted by molar-refractivity contribution is 5.95. The Balaban J connectivity index is 2.08. The van der Waals surface area contributed by atoms with Gasteiger partial charge in [-0.2, -0.15) is 0 Å². The van der Waals surface area contributed by atoms with Crippen LogP contribution in [0.3, 0.4) is 0 Å². The second kappa shape index (κ2) is 6.74. The number of carbonyl (C=O) groups excluding carboxylic acids is 2. The fraction of sp³-hybridized carbons (Fsp3) is 0.529. The number of hydrogen-bond donors (Lipinski definition) is 0. The summed E-state index contributed by atoms with van der Waals surface area (Å²) in [5, 5.41) is 0. The smallest absolute Gasteiger partial charge is 0.310 e. The van der Waals surface area contributed by atoms with Crippen LogP contribution in [0.25, 0.3) is 0 Å². The molecule has 0 spiro atoms. The summed E-state index contributed by atoms with van der Waals surface area (Å²) >= 11 is 0. The molecule has 114 valence electrons. The number of benzene rings is 1. The van der Waals surface area contributed by atoms with Crippen LogP contribution in [0.15, 0.2) is 24.3 Å². The Morgan fingerprint density at radius 2 is 2.10 bits per heavy atom. The molecular formula is C17H23NO3. The van der Waals surface area contributed by atoms with E-state index in [9.17, 15) is 9.59 Å². The van der Waals surface area contributed by atoms with Gasteiger partial charge in [0, 0.05) is 18.2 Å². The van der Waals surface area contributed by atoms with Crippen LogP contribution in [0.4, 0.5) is 0 Å². The van der Waals surface area contributed by atoms with Crippen molar-refractivity contribution >= 4 is 11.9 Å². The van der Waals surface area contributed by atoms with Gasteiger partial charge in [-0.25, -0.2) is 0 Å². The summed E-state index contributed by atoms with van der Waals surface area (Å²) in [5.41, 5.74) is 1.76. The molecule has 1 amide bonds. The molecule has 1 aromatic carbocycles. The normalized spacial score (nSPS) is 15.4. The van der Waals surface area contributed by atoms with E-state index in [1.807, 2.05) is 43.0 Å². The number of hydrogen-bond acceptors (Lipinski definition) is 3. The minimum Gasteiger partial charge on any atom is -0.466 e. The van der Waals surface area contributed by atoms with Crippen LogP contribution in [-0.2, 0) is 9.53 Å². The summed E-state index contributed by atoms with van der Waals surface area (Å²) in [6.45, 7) is 6.38. The van der Waals surface area contributed by atoms with Crippen molar-refractivity contribution in [2.45, 2.75) is 39.7 Å². The monoisotopic (exact) mass is 289 g/mol. The number of ether oxygens (including phenoxy) is 1. The van der Waals surface area contributed by atoms with Crippen molar-refractivity contribution < 1.29 is 14.3 Å². The maximum Gasteiger partial charge on any atom is 0.310 e. The zero-order valence-electron chi connectivity index (χ0n) is 13.0. The van der Waals surface area contributed by atoms with E-state index in [1.165, 1.54) is 0 Å². The quantitative estimate of drug-likeness (QED) is 0.757. The van der Waals surface area contributed by atoms with Crippen molar-refractivity contribution in [3.05, 3.63) is 35.4 Å². The van der Waals surface area contributed by atoms with Gasteiger partial charge in [0.05, 0.1) is 12.5 Å². The molecule has 1 aliphatic carbocycles. The van der Waals surface area contributed by atoms with Gasteiger partial charge in [-0.05, 0) is 38.8 Å². The molecule has 2 rings (SSSR count). The van der Waals surface area contributed by atoms with Crippen LogP contribution in [0, 0.1) is 12.8 Å². The van der Waals surface area contributed by atoms with Crippen molar-refractivity contribution in [2.75, 3.05) is 13.2 Å². The third kappa shape index (κ3) is 4.06. The summed E-state index contributed by atoms with van der Waals surface area (Å²) in [6, 6.07) is 7.86. The Labute approximate surface area is 126 Å². The van der Waals surface area contributed by atoms with Crippen molar-refractivity contribution in [1.82, 2.24) is 4.90 Å². The van der Waals surface area contributed by atoms with Gasteiger partial charge in [-0.15, -0.1) is 0 Å². The van der Waals surface area contributed by atoms with E-state index in [4.69, 9.17) is 4.74 Å². The van der Waals surface area contributed by atoms with Gasteiger partial charge in [0.15, 0.2) is 0 Å². The molecule has 0 saturated heterocycles. The number of rotatable bonds is 6. The fourth-order valence-electron chi connectivity index (χ4n) is 2.38. The standard InChI is InChI=1S/C17H23NO3/c1-4-21-17(20)13(3)11-18(15-8-9-15)16(19)14-7-5-6-12(2)10-14/h5-7,10,13,15H,4,8-9,11H2,1-3H3. The Kier molecular flexibility index (Phi) is 4.99. The summed E-state index contributed by atoms with van der Waals surface area (Å²) in [5.74, 6) is -0.517. The summed E-state index contributed by atoms with van der Waals surface area (Å²) in [7, 11) is 0. The average molecular weight is 289 g/mol. The van der Waals surface area contributed by atoms with E-state index in [0.29, 0.717) is 18.7 Å². The lowest BCUT2D eigenvalue weighted by Crippen LogP contribution is -2.39. The Bertz CT molecular complexity index is 523. The molecule has 1 aromatic rings. The molecular weight excluding hydrogens is 266 g/mol. The summed E-state index contributed by atoms with van der Waals surface area (Å²) in [4.78, 5) is 26.3. The molecule has 1 aliphatic rings. The lowest BCUT2D eigenvalue weighted by molar-refractivity contribution is -0.147. The van der Waals surface area contributed by atoms with Gasteiger partial charge in [-0.3, -0.25) is 9.59 Å². The van der Waals surface area contributed by atoms with E-state index in [2.05, 4.69) is 0 Å². The highest BCUT2D eigenvalue weighted by Gasteiger charge is 2.35. The second-order valence-electron chi connectivity index (χ2n) is 5.71. The molecule has 0 N–H and O–H groups in total. The Morgan fingerprint density at radius 3 is 2.67 bits per heavy atom. The molecule has 0 aliphatic heterocycles. The first-order valence-electron chi connectivity index (χ1n) is 7.57. The van der Waals surface area contributed by atoms with Crippen molar-refractivity contribution in [3.63, 3.8) is 0 Å². The van der Waals surface area contributed by atoms with E-state index >= 15 is 0 Å². The van der Waals surface area contributed by atoms with E-state index < -0.39 is 0 Å². The Hall–Kier alpha value is -1.84. The van der Waals surface area contributed by atoms with Crippen molar-refractivity contribution in [3.8, 4) is 0 Å². The van der Waals surface area contributed by atoms with Gasteiger partial charge in [0.2, 0.25) is 0 Å². The van der Waals surface area contributed by atoms with E-state index in [1.54, 1.807) is 6.92 Å². The number of nitrogens with zero attached hydrogens (tertiary/aromatic N) is 1. The summed E-state index contributed by atoms with van der Waals surface area (Å²) in [6.07, 6.45) is 2.04. The number of esters is 1. The second-order valence-corrected chi connectivity index (χ2v) is 5.71. The van der Waals surface area contributed by atoms with Crippen LogP contribution in [0.1, 0.15) is 42.6 Å². The summed E-state index contributed by atoms with van der Waals surface area (Å²) < 4.78 is 5.03. The molecule has 0 heterocycles. The molecule has 4 nitrogen and oxygen atoms in total.